The van der Waals surface area contributed by atoms with Crippen LogP contribution in [0.1, 0.15) is 27.2 Å². The molecule has 80 valence electrons. The number of nitrogens with zero attached hydrogens (tertiary/aromatic N) is 1. The van der Waals surface area contributed by atoms with Gasteiger partial charge in [-0.1, -0.05) is 0 Å². The van der Waals surface area contributed by atoms with E-state index in [0.29, 0.717) is 0 Å². The van der Waals surface area contributed by atoms with Crippen LogP contribution in [-0.2, 0) is 9.59 Å². The molecule has 1 amide bonds. The molecule has 14 heavy (non-hydrogen) atoms. The molecular weight excluding hydrogens is 180 g/mol. The van der Waals surface area contributed by atoms with Crippen LogP contribution in [0.4, 0.5) is 0 Å². The highest BCUT2D eigenvalue weighted by Crippen LogP contribution is 2.19. The summed E-state index contributed by atoms with van der Waals surface area (Å²) < 4.78 is 0. The summed E-state index contributed by atoms with van der Waals surface area (Å²) in [6.45, 7) is 6.96. The van der Waals surface area contributed by atoms with Crippen LogP contribution in [0.2, 0.25) is 0 Å². The maximum absolute atomic E-state index is 10.8. The number of aldehydes is 1. The fourth-order valence-electron chi connectivity index (χ4n) is 1.76. The van der Waals surface area contributed by atoms with Gasteiger partial charge in [-0.15, -0.1) is 0 Å². The smallest absolute Gasteiger partial charge is 0.217 e. The Bertz CT molecular complexity index is 238. The van der Waals surface area contributed by atoms with Gasteiger partial charge in [0.15, 0.2) is 0 Å². The van der Waals surface area contributed by atoms with Gasteiger partial charge in [0.25, 0.3) is 0 Å². The highest BCUT2D eigenvalue weighted by Gasteiger charge is 2.33. The molecule has 1 saturated heterocycles. The van der Waals surface area contributed by atoms with Crippen LogP contribution in [0.25, 0.3) is 0 Å². The lowest BCUT2D eigenvalue weighted by Crippen LogP contribution is -2.45. The van der Waals surface area contributed by atoms with Crippen LogP contribution in [0.5, 0.6) is 0 Å². The Morgan fingerprint density at radius 1 is 1.57 bits per heavy atom. The number of carbonyl (C=O) groups excluding carboxylic acids is 2. The maximum atomic E-state index is 10.8. The summed E-state index contributed by atoms with van der Waals surface area (Å²) in [6, 6.07) is 0.201. The lowest BCUT2D eigenvalue weighted by atomic mass is 10.1. The van der Waals surface area contributed by atoms with Crippen molar-refractivity contribution in [3.63, 3.8) is 0 Å². The average molecular weight is 198 g/mol. The zero-order valence-corrected chi connectivity index (χ0v) is 9.04. The molecule has 1 heterocycles. The third kappa shape index (κ3) is 2.54. The van der Waals surface area contributed by atoms with Crippen molar-refractivity contribution in [2.24, 2.45) is 0 Å². The van der Waals surface area contributed by atoms with E-state index in [2.05, 4.69) is 10.2 Å². The Morgan fingerprint density at radius 2 is 2.21 bits per heavy atom. The van der Waals surface area contributed by atoms with Crippen molar-refractivity contribution in [1.82, 2.24) is 10.2 Å². The molecule has 1 rings (SSSR count). The van der Waals surface area contributed by atoms with Gasteiger partial charge >= 0.3 is 0 Å². The third-order valence-electron chi connectivity index (χ3n) is 2.70. The van der Waals surface area contributed by atoms with E-state index in [0.717, 1.165) is 25.8 Å². The first-order chi connectivity index (χ1) is 6.45. The zero-order valence-electron chi connectivity index (χ0n) is 9.04. The number of amides is 1. The Labute approximate surface area is 84.7 Å². The number of rotatable bonds is 3. The Morgan fingerprint density at radius 3 is 2.71 bits per heavy atom. The Hall–Kier alpha value is -0.900. The maximum Gasteiger partial charge on any atom is 0.217 e. The molecule has 1 N–H and O–H groups in total. The highest BCUT2D eigenvalue weighted by atomic mass is 16.1. The molecule has 0 aromatic rings. The SMILES string of the molecule is CC(=O)N[C@H]1CCN(C(C)(C)C=O)C1. The minimum absolute atomic E-state index is 0.000703. The molecule has 0 radical (unpaired) electrons. The van der Waals surface area contributed by atoms with Gasteiger partial charge in [-0.2, -0.15) is 0 Å². The summed E-state index contributed by atoms with van der Waals surface area (Å²) >= 11 is 0. The lowest BCUT2D eigenvalue weighted by Gasteiger charge is -2.29. The Kier molecular flexibility index (Phi) is 3.26. The van der Waals surface area contributed by atoms with Crippen molar-refractivity contribution >= 4 is 12.2 Å². The lowest BCUT2D eigenvalue weighted by molar-refractivity contribution is -0.119. The van der Waals surface area contributed by atoms with Gasteiger partial charge in [0.05, 0.1) is 5.54 Å². The topological polar surface area (TPSA) is 49.4 Å². The van der Waals surface area contributed by atoms with Crippen LogP contribution in [-0.4, -0.2) is 41.8 Å². The van der Waals surface area contributed by atoms with Crippen molar-refractivity contribution < 1.29 is 9.59 Å². The molecular formula is C10H18N2O2. The largest absolute Gasteiger partial charge is 0.352 e. The van der Waals surface area contributed by atoms with Gasteiger partial charge < -0.3 is 10.1 Å². The minimum Gasteiger partial charge on any atom is -0.352 e. The van der Waals surface area contributed by atoms with Gasteiger partial charge in [-0.25, -0.2) is 0 Å². The van der Waals surface area contributed by atoms with Crippen LogP contribution < -0.4 is 5.32 Å². The molecule has 1 aliphatic rings. The fraction of sp³-hybridized carbons (Fsp3) is 0.800. The normalized spacial score (nSPS) is 23.5. The number of hydrogen-bond acceptors (Lipinski definition) is 3. The van der Waals surface area contributed by atoms with E-state index in [1.807, 2.05) is 13.8 Å². The molecule has 0 aliphatic carbocycles. The molecule has 4 nitrogen and oxygen atoms in total. The van der Waals surface area contributed by atoms with E-state index < -0.39 is 5.54 Å². The van der Waals surface area contributed by atoms with Crippen LogP contribution in [0, 0.1) is 0 Å². The fourth-order valence-corrected chi connectivity index (χ4v) is 1.76. The van der Waals surface area contributed by atoms with E-state index >= 15 is 0 Å². The van der Waals surface area contributed by atoms with Gasteiger partial charge in [-0.3, -0.25) is 9.69 Å². The summed E-state index contributed by atoms with van der Waals surface area (Å²) in [6.07, 6.45) is 1.89. The van der Waals surface area contributed by atoms with Crippen LogP contribution >= 0.6 is 0 Å². The number of likely N-dealkylation sites (tertiary alicyclic amines) is 1. The first kappa shape index (κ1) is 11.2. The van der Waals surface area contributed by atoms with Crippen molar-refractivity contribution in [2.75, 3.05) is 13.1 Å². The summed E-state index contributed by atoms with van der Waals surface area (Å²) in [5.74, 6) is 0.000703. The second-order valence-electron chi connectivity index (χ2n) is 4.40. The average Bonchev–Trinajstić information content (AvgIpc) is 2.52. The predicted molar refractivity (Wildman–Crippen MR) is 53.9 cm³/mol. The van der Waals surface area contributed by atoms with Gasteiger partial charge in [0.2, 0.25) is 5.91 Å². The summed E-state index contributed by atoms with van der Waals surface area (Å²) in [5.41, 5.74) is -0.410. The van der Waals surface area contributed by atoms with E-state index in [9.17, 15) is 9.59 Å². The molecule has 1 atom stereocenters. The van der Waals surface area contributed by atoms with E-state index in [1.54, 1.807) is 0 Å². The summed E-state index contributed by atoms with van der Waals surface area (Å²) in [5, 5.41) is 2.87. The summed E-state index contributed by atoms with van der Waals surface area (Å²) in [7, 11) is 0. The zero-order chi connectivity index (χ0) is 10.8. The predicted octanol–water partition coefficient (Wildman–Crippen LogP) is 0.174. The molecule has 0 spiro atoms. The molecule has 4 heteroatoms. The quantitative estimate of drug-likeness (QED) is 0.658. The monoisotopic (exact) mass is 198 g/mol. The van der Waals surface area contributed by atoms with Gasteiger partial charge in [-0.05, 0) is 20.3 Å². The molecule has 0 unspecified atom stereocenters. The molecule has 0 aromatic heterocycles. The molecule has 0 saturated carbocycles. The third-order valence-corrected chi connectivity index (χ3v) is 2.70. The minimum atomic E-state index is -0.410. The van der Waals surface area contributed by atoms with E-state index in [-0.39, 0.29) is 11.9 Å². The Balaban J connectivity index is 2.48. The molecule has 1 aliphatic heterocycles. The molecule has 0 aromatic carbocycles. The van der Waals surface area contributed by atoms with Gasteiger partial charge in [0, 0.05) is 26.1 Å². The van der Waals surface area contributed by atoms with E-state index in [4.69, 9.17) is 0 Å². The molecule has 1 fully saturated rings. The number of nitrogens with one attached hydrogen (secondary N) is 1. The van der Waals surface area contributed by atoms with E-state index in [1.165, 1.54) is 6.92 Å². The van der Waals surface area contributed by atoms with Crippen LogP contribution in [0.15, 0.2) is 0 Å². The van der Waals surface area contributed by atoms with Crippen molar-refractivity contribution in [3.8, 4) is 0 Å². The summed E-state index contributed by atoms with van der Waals surface area (Å²) in [4.78, 5) is 23.7. The highest BCUT2D eigenvalue weighted by molar-refractivity contribution is 5.73. The van der Waals surface area contributed by atoms with Gasteiger partial charge in [0.1, 0.15) is 6.29 Å². The van der Waals surface area contributed by atoms with Crippen molar-refractivity contribution in [2.45, 2.75) is 38.8 Å². The second-order valence-corrected chi connectivity index (χ2v) is 4.40. The number of hydrogen-bond donors (Lipinski definition) is 1. The van der Waals surface area contributed by atoms with Crippen molar-refractivity contribution in [1.29, 1.82) is 0 Å². The van der Waals surface area contributed by atoms with Crippen LogP contribution in [0.3, 0.4) is 0 Å². The molecule has 0 bridgehead atoms. The first-order valence-electron chi connectivity index (χ1n) is 4.94. The first-order valence-corrected chi connectivity index (χ1v) is 4.94. The van der Waals surface area contributed by atoms with Crippen molar-refractivity contribution in [3.05, 3.63) is 0 Å². The second kappa shape index (κ2) is 4.09. The number of carbonyl (C=O) groups is 2. The standard InChI is InChI=1S/C10H18N2O2/c1-8(14)11-9-4-5-12(6-9)10(2,3)7-13/h7,9H,4-6H2,1-3H3,(H,11,14)/t9-/m0/s1.